The van der Waals surface area contributed by atoms with Crippen molar-refractivity contribution >= 4 is 5.91 Å². The second-order valence-electron chi connectivity index (χ2n) is 2.16. The van der Waals surface area contributed by atoms with E-state index in [1.165, 1.54) is 4.90 Å². The highest BCUT2D eigenvalue weighted by Crippen LogP contribution is 2.10. The lowest BCUT2D eigenvalue weighted by Gasteiger charge is -2.09. The first kappa shape index (κ1) is 6.55. The van der Waals surface area contributed by atoms with E-state index in [1.54, 1.807) is 13.5 Å². The first-order chi connectivity index (χ1) is 4.24. The highest BCUT2D eigenvalue weighted by molar-refractivity contribution is 5.79. The molecule has 1 heterocycles. The molecule has 1 fully saturated rings. The number of β-amino-alcohol motifs (C(OH)–C–C–N with tert-alkyl or cyclic N) is 1. The third-order valence-corrected chi connectivity index (χ3v) is 1.45. The molecule has 51 valence electrons. The summed E-state index contributed by atoms with van der Waals surface area (Å²) in [6.07, 6.45) is -0.168. The van der Waals surface area contributed by atoms with Gasteiger partial charge in [-0.2, -0.15) is 0 Å². The number of carbonyl (C=O) groups is 1. The van der Waals surface area contributed by atoms with E-state index in [2.05, 4.69) is 0 Å². The summed E-state index contributed by atoms with van der Waals surface area (Å²) < 4.78 is 0. The van der Waals surface area contributed by atoms with Crippen molar-refractivity contribution < 1.29 is 9.90 Å². The van der Waals surface area contributed by atoms with E-state index in [-0.39, 0.29) is 12.3 Å². The number of carbonyl (C=O) groups excluding carboxylic acids is 1. The largest absolute Gasteiger partial charge is 0.391 e. The maximum Gasteiger partial charge on any atom is 0.225 e. The fourth-order valence-electron chi connectivity index (χ4n) is 0.962. The molecule has 0 aromatic rings. The van der Waals surface area contributed by atoms with Gasteiger partial charge in [-0.05, 0) is 6.92 Å². The van der Waals surface area contributed by atoms with Gasteiger partial charge >= 0.3 is 0 Å². The second-order valence-corrected chi connectivity index (χ2v) is 2.16. The molecule has 1 N–H and O–H groups in total. The lowest BCUT2D eigenvalue weighted by atomic mass is 10.3. The van der Waals surface area contributed by atoms with E-state index in [1.807, 2.05) is 0 Å². The van der Waals surface area contributed by atoms with Crippen LogP contribution in [0.1, 0.15) is 13.3 Å². The lowest BCUT2D eigenvalue weighted by Crippen LogP contribution is -2.21. The van der Waals surface area contributed by atoms with Crippen LogP contribution in [-0.2, 0) is 4.79 Å². The number of nitrogens with zero attached hydrogens (tertiary/aromatic N) is 1. The number of rotatable bonds is 1. The molecule has 0 aliphatic carbocycles. The van der Waals surface area contributed by atoms with Gasteiger partial charge in [0.15, 0.2) is 0 Å². The van der Waals surface area contributed by atoms with Crippen molar-refractivity contribution in [2.45, 2.75) is 19.4 Å². The van der Waals surface area contributed by atoms with Gasteiger partial charge in [-0.3, -0.25) is 4.79 Å². The van der Waals surface area contributed by atoms with Gasteiger partial charge in [0.2, 0.25) is 5.91 Å². The third-order valence-electron chi connectivity index (χ3n) is 1.45. The Labute approximate surface area is 54.3 Å². The molecule has 1 radical (unpaired) electrons. The van der Waals surface area contributed by atoms with Crippen molar-refractivity contribution in [3.63, 3.8) is 0 Å². The van der Waals surface area contributed by atoms with E-state index >= 15 is 0 Å². The topological polar surface area (TPSA) is 40.5 Å². The SMILES string of the molecule is C[CH]N1CC(O)CC1=O. The van der Waals surface area contributed by atoms with Gasteiger partial charge in [-0.1, -0.05) is 0 Å². The van der Waals surface area contributed by atoms with Crippen LogP contribution in [0.5, 0.6) is 0 Å². The molecule has 1 atom stereocenters. The zero-order valence-electron chi connectivity index (χ0n) is 5.37. The predicted octanol–water partition coefficient (Wildman–Crippen LogP) is -0.239. The van der Waals surface area contributed by atoms with E-state index in [4.69, 9.17) is 5.11 Å². The van der Waals surface area contributed by atoms with Crippen LogP contribution in [-0.4, -0.2) is 28.6 Å². The Morgan fingerprint density at radius 3 is 2.78 bits per heavy atom. The summed E-state index contributed by atoms with van der Waals surface area (Å²) in [5.74, 6) is 0.0185. The average molecular weight is 128 g/mol. The summed E-state index contributed by atoms with van der Waals surface area (Å²) >= 11 is 0. The Kier molecular flexibility index (Phi) is 1.71. The Morgan fingerprint density at radius 1 is 1.89 bits per heavy atom. The molecular formula is C6H10NO2. The molecule has 1 saturated heterocycles. The summed E-state index contributed by atoms with van der Waals surface area (Å²) in [6, 6.07) is 0. The van der Waals surface area contributed by atoms with Crippen LogP contribution in [0.25, 0.3) is 0 Å². The number of aliphatic hydroxyl groups excluding tert-OH is 1. The van der Waals surface area contributed by atoms with Crippen molar-refractivity contribution in [1.29, 1.82) is 0 Å². The van der Waals surface area contributed by atoms with E-state index in [0.29, 0.717) is 6.54 Å². The zero-order valence-corrected chi connectivity index (χ0v) is 5.37. The minimum absolute atomic E-state index is 0.0185. The maximum absolute atomic E-state index is 10.8. The average Bonchev–Trinajstić information content (AvgIpc) is 2.10. The summed E-state index contributed by atoms with van der Waals surface area (Å²) in [6.45, 7) is 3.95. The molecule has 3 heteroatoms. The maximum atomic E-state index is 10.8. The Morgan fingerprint density at radius 2 is 2.56 bits per heavy atom. The minimum atomic E-state index is -0.450. The van der Waals surface area contributed by atoms with Crippen molar-refractivity contribution in [1.82, 2.24) is 4.90 Å². The fourth-order valence-corrected chi connectivity index (χ4v) is 0.962. The molecule has 0 aromatic heterocycles. The lowest BCUT2D eigenvalue weighted by molar-refractivity contribution is -0.126. The number of hydrogen-bond donors (Lipinski definition) is 1. The van der Waals surface area contributed by atoms with Gasteiger partial charge in [0.25, 0.3) is 0 Å². The quantitative estimate of drug-likeness (QED) is 0.529. The summed E-state index contributed by atoms with van der Waals surface area (Å²) in [5, 5.41) is 8.92. The zero-order chi connectivity index (χ0) is 6.85. The van der Waals surface area contributed by atoms with Gasteiger partial charge in [0.1, 0.15) is 0 Å². The van der Waals surface area contributed by atoms with Crippen LogP contribution in [0.2, 0.25) is 0 Å². The molecular weight excluding hydrogens is 118 g/mol. The smallest absolute Gasteiger partial charge is 0.225 e. The molecule has 9 heavy (non-hydrogen) atoms. The van der Waals surface area contributed by atoms with Crippen molar-refractivity contribution in [2.24, 2.45) is 0 Å². The Hall–Kier alpha value is -0.570. The van der Waals surface area contributed by atoms with Crippen molar-refractivity contribution in [3.05, 3.63) is 6.54 Å². The van der Waals surface area contributed by atoms with Crippen LogP contribution in [0.3, 0.4) is 0 Å². The van der Waals surface area contributed by atoms with E-state index in [0.717, 1.165) is 0 Å². The molecule has 0 spiro atoms. The van der Waals surface area contributed by atoms with Crippen molar-refractivity contribution in [3.8, 4) is 0 Å². The number of aliphatic hydroxyl groups is 1. The standard InChI is InChI=1S/C6H10NO2/c1-2-7-4-5(8)3-6(7)9/h2,5,8H,3-4H2,1H3. The normalized spacial score (nSPS) is 27.6. The molecule has 1 amide bonds. The first-order valence-electron chi connectivity index (χ1n) is 3.01. The Balaban J connectivity index is 2.48. The second kappa shape index (κ2) is 2.35. The first-order valence-corrected chi connectivity index (χ1v) is 3.01. The van der Waals surface area contributed by atoms with Crippen LogP contribution in [0.4, 0.5) is 0 Å². The molecule has 1 unspecified atom stereocenters. The van der Waals surface area contributed by atoms with E-state index in [9.17, 15) is 4.79 Å². The van der Waals surface area contributed by atoms with Crippen LogP contribution < -0.4 is 0 Å². The fraction of sp³-hybridized carbons (Fsp3) is 0.667. The summed E-state index contributed by atoms with van der Waals surface area (Å²) in [4.78, 5) is 12.3. The monoisotopic (exact) mass is 128 g/mol. The highest BCUT2D eigenvalue weighted by atomic mass is 16.3. The molecule has 3 nitrogen and oxygen atoms in total. The summed E-state index contributed by atoms with van der Waals surface area (Å²) in [7, 11) is 0. The van der Waals surface area contributed by atoms with Crippen LogP contribution in [0.15, 0.2) is 0 Å². The van der Waals surface area contributed by atoms with Crippen LogP contribution >= 0.6 is 0 Å². The Bertz CT molecular complexity index is 124. The summed E-state index contributed by atoms with van der Waals surface area (Å²) in [5.41, 5.74) is 0. The highest BCUT2D eigenvalue weighted by Gasteiger charge is 2.26. The predicted molar refractivity (Wildman–Crippen MR) is 32.3 cm³/mol. The molecule has 1 aliphatic rings. The van der Waals surface area contributed by atoms with Gasteiger partial charge in [0.05, 0.1) is 12.5 Å². The van der Waals surface area contributed by atoms with Gasteiger partial charge in [-0.25, -0.2) is 0 Å². The third kappa shape index (κ3) is 1.21. The van der Waals surface area contributed by atoms with Crippen molar-refractivity contribution in [2.75, 3.05) is 6.54 Å². The molecule has 0 aromatic carbocycles. The van der Waals surface area contributed by atoms with Gasteiger partial charge in [-0.15, -0.1) is 0 Å². The minimum Gasteiger partial charge on any atom is -0.391 e. The number of likely N-dealkylation sites (tertiary alicyclic amines) is 1. The van der Waals surface area contributed by atoms with Gasteiger partial charge in [0, 0.05) is 13.1 Å². The van der Waals surface area contributed by atoms with E-state index < -0.39 is 6.10 Å². The molecule has 0 saturated carbocycles. The molecule has 1 rings (SSSR count). The van der Waals surface area contributed by atoms with Crippen LogP contribution in [0, 0.1) is 6.54 Å². The van der Waals surface area contributed by atoms with Gasteiger partial charge < -0.3 is 10.0 Å². The molecule has 1 aliphatic heterocycles. The molecule has 0 bridgehead atoms. The number of amides is 1. The number of hydrogen-bond acceptors (Lipinski definition) is 2.